The predicted molar refractivity (Wildman–Crippen MR) is 65.8 cm³/mol. The maximum absolute atomic E-state index is 8.38. The van der Waals surface area contributed by atoms with Gasteiger partial charge < -0.3 is 15.8 Å². The van der Waals surface area contributed by atoms with Crippen LogP contribution in [0.3, 0.4) is 0 Å². The first-order valence-corrected chi connectivity index (χ1v) is 6.05. The Morgan fingerprint density at radius 1 is 1.69 bits per heavy atom. The quantitative estimate of drug-likeness (QED) is 0.342. The van der Waals surface area contributed by atoms with E-state index in [2.05, 4.69) is 20.4 Å². The zero-order valence-electron chi connectivity index (χ0n) is 9.68. The van der Waals surface area contributed by atoms with Crippen molar-refractivity contribution in [3.63, 3.8) is 0 Å². The van der Waals surface area contributed by atoms with Gasteiger partial charge in [0.05, 0.1) is 10.7 Å². The molecule has 1 aromatic heterocycles. The maximum Gasteiger partial charge on any atom is 0.139 e. The lowest BCUT2D eigenvalue weighted by Gasteiger charge is -2.14. The van der Waals surface area contributed by atoms with Crippen molar-refractivity contribution < 1.29 is 5.21 Å². The molecule has 6 heteroatoms. The van der Waals surface area contributed by atoms with Crippen molar-refractivity contribution in [1.29, 1.82) is 0 Å². The van der Waals surface area contributed by atoms with E-state index in [1.54, 1.807) is 11.3 Å². The van der Waals surface area contributed by atoms with E-state index in [1.165, 1.54) is 0 Å². The molecule has 0 aliphatic rings. The summed E-state index contributed by atoms with van der Waals surface area (Å²) in [4.78, 5) is 6.58. The molecule has 0 spiro atoms. The van der Waals surface area contributed by atoms with E-state index in [0.29, 0.717) is 6.42 Å². The largest absolute Gasteiger partial charge is 0.409 e. The van der Waals surface area contributed by atoms with Gasteiger partial charge in [0.2, 0.25) is 0 Å². The van der Waals surface area contributed by atoms with Crippen LogP contribution in [0.4, 0.5) is 0 Å². The van der Waals surface area contributed by atoms with Crippen molar-refractivity contribution in [3.05, 3.63) is 16.1 Å². The molecule has 5 nitrogen and oxygen atoms in total. The van der Waals surface area contributed by atoms with Crippen LogP contribution in [0.25, 0.3) is 0 Å². The first kappa shape index (κ1) is 12.9. The molecule has 90 valence electrons. The van der Waals surface area contributed by atoms with Crippen LogP contribution in [-0.4, -0.2) is 34.5 Å². The molecule has 0 aliphatic carbocycles. The van der Waals surface area contributed by atoms with Crippen molar-refractivity contribution in [2.24, 2.45) is 10.9 Å². The van der Waals surface area contributed by atoms with Gasteiger partial charge in [-0.2, -0.15) is 0 Å². The molecule has 0 atom stereocenters. The van der Waals surface area contributed by atoms with Crippen LogP contribution in [0.5, 0.6) is 0 Å². The number of hydrogen-bond acceptors (Lipinski definition) is 5. The monoisotopic (exact) mass is 242 g/mol. The number of rotatable bonds is 6. The molecule has 0 aliphatic heterocycles. The fourth-order valence-electron chi connectivity index (χ4n) is 1.42. The SMILES string of the molecule is Cc1nc(CN(C)CCCC(N)=NO)cs1. The van der Waals surface area contributed by atoms with E-state index in [0.717, 1.165) is 30.2 Å². The molecule has 0 saturated heterocycles. The molecule has 0 bridgehead atoms. The Bertz CT molecular complexity index is 350. The van der Waals surface area contributed by atoms with Crippen LogP contribution < -0.4 is 5.73 Å². The summed E-state index contributed by atoms with van der Waals surface area (Å²) in [6, 6.07) is 0. The maximum atomic E-state index is 8.38. The zero-order chi connectivity index (χ0) is 12.0. The molecule has 0 amide bonds. The van der Waals surface area contributed by atoms with Gasteiger partial charge in [-0.3, -0.25) is 0 Å². The summed E-state index contributed by atoms with van der Waals surface area (Å²) < 4.78 is 0. The van der Waals surface area contributed by atoms with E-state index in [1.807, 2.05) is 14.0 Å². The minimum atomic E-state index is 0.290. The van der Waals surface area contributed by atoms with Gasteiger partial charge in [0, 0.05) is 18.3 Å². The molecule has 0 radical (unpaired) electrons. The lowest BCUT2D eigenvalue weighted by atomic mass is 10.3. The molecule has 0 aromatic carbocycles. The second-order valence-electron chi connectivity index (χ2n) is 3.79. The van der Waals surface area contributed by atoms with Crippen molar-refractivity contribution in [3.8, 4) is 0 Å². The van der Waals surface area contributed by atoms with Crippen LogP contribution in [0, 0.1) is 6.92 Å². The Morgan fingerprint density at radius 2 is 2.44 bits per heavy atom. The van der Waals surface area contributed by atoms with E-state index in [9.17, 15) is 0 Å². The third kappa shape index (κ3) is 4.59. The molecule has 1 aromatic rings. The van der Waals surface area contributed by atoms with Crippen molar-refractivity contribution in [2.75, 3.05) is 13.6 Å². The Morgan fingerprint density at radius 3 is 3.00 bits per heavy atom. The number of aryl methyl sites for hydroxylation is 1. The van der Waals surface area contributed by atoms with Gasteiger partial charge in [0.15, 0.2) is 0 Å². The highest BCUT2D eigenvalue weighted by atomic mass is 32.1. The Balaban J connectivity index is 2.23. The van der Waals surface area contributed by atoms with Gasteiger partial charge in [0.25, 0.3) is 0 Å². The lowest BCUT2D eigenvalue weighted by molar-refractivity contribution is 0.310. The number of hydrogen-bond donors (Lipinski definition) is 2. The third-order valence-electron chi connectivity index (χ3n) is 2.20. The topological polar surface area (TPSA) is 74.7 Å². The normalized spacial score (nSPS) is 12.3. The highest BCUT2D eigenvalue weighted by molar-refractivity contribution is 7.09. The Hall–Kier alpha value is -1.14. The fraction of sp³-hybridized carbons (Fsp3) is 0.600. The van der Waals surface area contributed by atoms with Gasteiger partial charge in [-0.25, -0.2) is 4.98 Å². The number of nitrogens with two attached hydrogens (primary N) is 1. The average molecular weight is 242 g/mol. The number of oxime groups is 1. The highest BCUT2D eigenvalue weighted by Crippen LogP contribution is 2.09. The van der Waals surface area contributed by atoms with Crippen LogP contribution in [0.2, 0.25) is 0 Å². The molecule has 1 rings (SSSR count). The van der Waals surface area contributed by atoms with Crippen LogP contribution in [0.15, 0.2) is 10.5 Å². The van der Waals surface area contributed by atoms with Gasteiger partial charge >= 0.3 is 0 Å². The molecular formula is C10H18N4OS. The van der Waals surface area contributed by atoms with E-state index >= 15 is 0 Å². The molecule has 1 heterocycles. The Labute approximate surface area is 99.6 Å². The second-order valence-corrected chi connectivity index (χ2v) is 4.85. The third-order valence-corrected chi connectivity index (χ3v) is 3.02. The van der Waals surface area contributed by atoms with E-state index in [4.69, 9.17) is 10.9 Å². The number of aromatic nitrogens is 1. The Kier molecular flexibility index (Phi) is 5.21. The summed E-state index contributed by atoms with van der Waals surface area (Å²) in [5.74, 6) is 0.290. The van der Waals surface area contributed by atoms with Gasteiger partial charge in [-0.15, -0.1) is 11.3 Å². The molecular weight excluding hydrogens is 224 g/mol. The molecule has 0 unspecified atom stereocenters. The van der Waals surface area contributed by atoms with Crippen molar-refractivity contribution in [2.45, 2.75) is 26.3 Å². The minimum absolute atomic E-state index is 0.290. The first-order chi connectivity index (χ1) is 7.61. The summed E-state index contributed by atoms with van der Waals surface area (Å²) in [6.45, 7) is 3.76. The second kappa shape index (κ2) is 6.44. The molecule has 16 heavy (non-hydrogen) atoms. The van der Waals surface area contributed by atoms with Crippen molar-refractivity contribution >= 4 is 17.2 Å². The number of amidine groups is 1. The summed E-state index contributed by atoms with van der Waals surface area (Å²) in [7, 11) is 2.04. The lowest BCUT2D eigenvalue weighted by Crippen LogP contribution is -2.21. The van der Waals surface area contributed by atoms with E-state index < -0.39 is 0 Å². The molecule has 3 N–H and O–H groups in total. The summed E-state index contributed by atoms with van der Waals surface area (Å²) in [5.41, 5.74) is 6.49. The molecule has 0 saturated carbocycles. The minimum Gasteiger partial charge on any atom is -0.409 e. The summed E-state index contributed by atoms with van der Waals surface area (Å²) >= 11 is 1.67. The van der Waals surface area contributed by atoms with Gasteiger partial charge in [-0.1, -0.05) is 5.16 Å². The standard InChI is InChI=1S/C10H18N4OS/c1-8-12-9(7-16-8)6-14(2)5-3-4-10(11)13-15/h7,15H,3-6H2,1-2H3,(H2,11,13). The van der Waals surface area contributed by atoms with Crippen LogP contribution in [0.1, 0.15) is 23.5 Å². The fourth-order valence-corrected chi connectivity index (χ4v) is 2.02. The smallest absolute Gasteiger partial charge is 0.139 e. The predicted octanol–water partition coefficient (Wildman–Crippen LogP) is 1.41. The first-order valence-electron chi connectivity index (χ1n) is 5.17. The van der Waals surface area contributed by atoms with Crippen LogP contribution in [-0.2, 0) is 6.54 Å². The van der Waals surface area contributed by atoms with Gasteiger partial charge in [0.1, 0.15) is 5.84 Å². The molecule has 0 fully saturated rings. The zero-order valence-corrected chi connectivity index (χ0v) is 10.5. The number of nitrogens with zero attached hydrogens (tertiary/aromatic N) is 3. The summed E-state index contributed by atoms with van der Waals surface area (Å²) in [6.07, 6.45) is 1.51. The van der Waals surface area contributed by atoms with Gasteiger partial charge in [-0.05, 0) is 26.9 Å². The number of thiazole rings is 1. The van der Waals surface area contributed by atoms with E-state index in [-0.39, 0.29) is 5.84 Å². The summed E-state index contributed by atoms with van der Waals surface area (Å²) in [5, 5.41) is 14.5. The van der Waals surface area contributed by atoms with Crippen LogP contribution >= 0.6 is 11.3 Å². The average Bonchev–Trinajstić information content (AvgIpc) is 2.63. The van der Waals surface area contributed by atoms with Crippen molar-refractivity contribution in [1.82, 2.24) is 9.88 Å². The highest BCUT2D eigenvalue weighted by Gasteiger charge is 2.03.